The Morgan fingerprint density at radius 3 is 2.43 bits per heavy atom. The van der Waals surface area contributed by atoms with Gasteiger partial charge in [0.2, 0.25) is 0 Å². The van der Waals surface area contributed by atoms with Crippen LogP contribution in [0.1, 0.15) is 43.6 Å². The van der Waals surface area contributed by atoms with Gasteiger partial charge in [-0.2, -0.15) is 0 Å². The van der Waals surface area contributed by atoms with Crippen LogP contribution in [-0.2, 0) is 9.53 Å². The van der Waals surface area contributed by atoms with Crippen LogP contribution in [0.2, 0.25) is 0 Å². The first-order chi connectivity index (χ1) is 9.64. The molecule has 0 saturated carbocycles. The second-order valence-corrected chi connectivity index (χ2v) is 6.79. The molecule has 1 atom stereocenters. The predicted octanol–water partition coefficient (Wildman–Crippen LogP) is 3.18. The Morgan fingerprint density at radius 2 is 1.90 bits per heavy atom. The fourth-order valence-electron chi connectivity index (χ4n) is 1.70. The summed E-state index contributed by atoms with van der Waals surface area (Å²) in [7, 11) is 0. The first kappa shape index (κ1) is 17.6. The molecule has 1 aromatic carbocycles. The molecule has 116 valence electrons. The lowest BCUT2D eigenvalue weighted by atomic mass is 10.1. The average molecular weight is 309 g/mol. The minimum atomic E-state index is -0.686. The topological polar surface area (TPSA) is 55.4 Å². The summed E-state index contributed by atoms with van der Waals surface area (Å²) >= 11 is 1.57. The highest BCUT2D eigenvalue weighted by molar-refractivity contribution is 7.98. The Balaban J connectivity index is 2.79. The Morgan fingerprint density at radius 1 is 1.29 bits per heavy atom. The summed E-state index contributed by atoms with van der Waals surface area (Å²) < 4.78 is 5.25. The summed E-state index contributed by atoms with van der Waals surface area (Å²) in [6.07, 6.45) is 1.95. The van der Waals surface area contributed by atoms with Gasteiger partial charge in [0.05, 0.1) is 0 Å². The first-order valence-corrected chi connectivity index (χ1v) is 8.05. The smallest absolute Gasteiger partial charge is 0.328 e. The van der Waals surface area contributed by atoms with E-state index in [4.69, 9.17) is 4.74 Å². The normalized spacial score (nSPS) is 12.7. The van der Waals surface area contributed by atoms with Gasteiger partial charge in [-0.1, -0.05) is 6.07 Å². The summed E-state index contributed by atoms with van der Waals surface area (Å²) in [4.78, 5) is 25.2. The highest BCUT2D eigenvalue weighted by atomic mass is 32.2. The molecular weight excluding hydrogens is 286 g/mol. The van der Waals surface area contributed by atoms with E-state index in [0.717, 1.165) is 10.5 Å². The molecule has 0 radical (unpaired) electrons. The summed E-state index contributed by atoms with van der Waals surface area (Å²) in [6, 6.07) is 5.01. The van der Waals surface area contributed by atoms with Gasteiger partial charge >= 0.3 is 5.97 Å². The van der Waals surface area contributed by atoms with Crippen molar-refractivity contribution in [3.63, 3.8) is 0 Å². The van der Waals surface area contributed by atoms with Crippen LogP contribution in [0.4, 0.5) is 0 Å². The van der Waals surface area contributed by atoms with Crippen molar-refractivity contribution in [2.24, 2.45) is 0 Å². The first-order valence-electron chi connectivity index (χ1n) is 6.82. The number of nitrogens with one attached hydrogen (secondary N) is 1. The predicted molar refractivity (Wildman–Crippen MR) is 85.7 cm³/mol. The Labute approximate surface area is 130 Å². The van der Waals surface area contributed by atoms with E-state index in [2.05, 4.69) is 5.32 Å². The molecule has 0 aliphatic carbocycles. The fourth-order valence-corrected chi connectivity index (χ4v) is 2.14. The van der Waals surface area contributed by atoms with E-state index >= 15 is 0 Å². The number of carbonyl (C=O) groups excluding carboxylic acids is 2. The Kier molecular flexibility index (Phi) is 5.84. The largest absolute Gasteiger partial charge is 0.458 e. The molecule has 0 aliphatic rings. The van der Waals surface area contributed by atoms with Crippen molar-refractivity contribution in [3.05, 3.63) is 29.3 Å². The molecule has 1 amide bonds. The maximum absolute atomic E-state index is 12.3. The zero-order valence-electron chi connectivity index (χ0n) is 13.4. The molecule has 0 aromatic heterocycles. The van der Waals surface area contributed by atoms with Crippen molar-refractivity contribution in [2.45, 2.75) is 51.2 Å². The van der Waals surface area contributed by atoms with Gasteiger partial charge in [0.15, 0.2) is 0 Å². The van der Waals surface area contributed by atoms with Gasteiger partial charge in [0, 0.05) is 10.5 Å². The van der Waals surface area contributed by atoms with Crippen LogP contribution in [0.25, 0.3) is 0 Å². The van der Waals surface area contributed by atoms with Crippen LogP contribution in [-0.4, -0.2) is 29.8 Å². The molecule has 0 heterocycles. The molecule has 1 rings (SSSR count). The monoisotopic (exact) mass is 309 g/mol. The van der Waals surface area contributed by atoms with Gasteiger partial charge in [-0.15, -0.1) is 11.8 Å². The van der Waals surface area contributed by atoms with Crippen LogP contribution in [0.3, 0.4) is 0 Å². The summed E-state index contributed by atoms with van der Waals surface area (Å²) in [6.45, 7) is 8.89. The molecule has 4 nitrogen and oxygen atoms in total. The molecule has 0 spiro atoms. The number of carbonyl (C=O) groups is 2. The average Bonchev–Trinajstić information content (AvgIpc) is 2.37. The zero-order valence-corrected chi connectivity index (χ0v) is 14.3. The van der Waals surface area contributed by atoms with E-state index < -0.39 is 17.6 Å². The molecule has 1 N–H and O–H groups in total. The number of amides is 1. The van der Waals surface area contributed by atoms with E-state index in [1.807, 2.05) is 31.4 Å². The van der Waals surface area contributed by atoms with E-state index in [-0.39, 0.29) is 5.91 Å². The lowest BCUT2D eigenvalue weighted by Crippen LogP contribution is -2.42. The van der Waals surface area contributed by atoms with E-state index in [0.29, 0.717) is 5.56 Å². The fraction of sp³-hybridized carbons (Fsp3) is 0.500. The highest BCUT2D eigenvalue weighted by Crippen LogP contribution is 2.19. The molecule has 1 aromatic rings. The number of aryl methyl sites for hydroxylation is 1. The highest BCUT2D eigenvalue weighted by Gasteiger charge is 2.23. The maximum Gasteiger partial charge on any atom is 0.328 e. The van der Waals surface area contributed by atoms with Gasteiger partial charge in [-0.3, -0.25) is 4.79 Å². The lowest BCUT2D eigenvalue weighted by Gasteiger charge is -2.22. The third-order valence-corrected chi connectivity index (χ3v) is 3.52. The minimum Gasteiger partial charge on any atom is -0.458 e. The van der Waals surface area contributed by atoms with Crippen molar-refractivity contribution < 1.29 is 14.3 Å². The van der Waals surface area contributed by atoms with Crippen molar-refractivity contribution in [3.8, 4) is 0 Å². The van der Waals surface area contributed by atoms with Crippen LogP contribution >= 0.6 is 11.8 Å². The Bertz CT molecular complexity index is 535. The molecular formula is C16H23NO3S. The zero-order chi connectivity index (χ0) is 16.2. The summed E-state index contributed by atoms with van der Waals surface area (Å²) in [5.74, 6) is -0.698. The maximum atomic E-state index is 12.3. The number of hydrogen-bond donors (Lipinski definition) is 1. The number of hydrogen-bond acceptors (Lipinski definition) is 4. The Hall–Kier alpha value is -1.49. The van der Waals surface area contributed by atoms with Crippen LogP contribution in [0.5, 0.6) is 0 Å². The van der Waals surface area contributed by atoms with Crippen molar-refractivity contribution in [1.82, 2.24) is 5.32 Å². The van der Waals surface area contributed by atoms with Crippen molar-refractivity contribution in [1.29, 1.82) is 0 Å². The standard InChI is InChI=1S/C16H23NO3S/c1-10-7-8-12(21-6)9-13(10)14(18)17-11(2)15(19)20-16(3,4)5/h7-9,11H,1-6H3,(H,17,18)/t11-/m0/s1. The van der Waals surface area contributed by atoms with Gasteiger partial charge in [-0.05, 0) is 58.6 Å². The van der Waals surface area contributed by atoms with Crippen molar-refractivity contribution >= 4 is 23.6 Å². The SMILES string of the molecule is CSc1ccc(C)c(C(=O)N[C@@H](C)C(=O)OC(C)(C)C)c1. The molecule has 0 bridgehead atoms. The molecule has 0 unspecified atom stereocenters. The molecule has 21 heavy (non-hydrogen) atoms. The second-order valence-electron chi connectivity index (χ2n) is 5.91. The van der Waals surface area contributed by atoms with Crippen LogP contribution in [0.15, 0.2) is 23.1 Å². The number of rotatable bonds is 4. The van der Waals surface area contributed by atoms with Crippen LogP contribution in [0, 0.1) is 6.92 Å². The van der Waals surface area contributed by atoms with Gasteiger partial charge in [0.25, 0.3) is 5.91 Å². The van der Waals surface area contributed by atoms with Gasteiger partial charge in [0.1, 0.15) is 11.6 Å². The van der Waals surface area contributed by atoms with E-state index in [1.165, 1.54) is 0 Å². The molecule has 0 saturated heterocycles. The number of benzene rings is 1. The van der Waals surface area contributed by atoms with Crippen molar-refractivity contribution in [2.75, 3.05) is 6.26 Å². The molecule has 5 heteroatoms. The quantitative estimate of drug-likeness (QED) is 0.685. The third kappa shape index (κ3) is 5.42. The van der Waals surface area contributed by atoms with Crippen LogP contribution < -0.4 is 5.32 Å². The lowest BCUT2D eigenvalue weighted by molar-refractivity contribution is -0.156. The van der Waals surface area contributed by atoms with E-state index in [9.17, 15) is 9.59 Å². The molecule has 0 aliphatic heterocycles. The molecule has 0 fully saturated rings. The minimum absolute atomic E-state index is 0.262. The second kappa shape index (κ2) is 6.98. The van der Waals surface area contributed by atoms with Gasteiger partial charge < -0.3 is 10.1 Å². The van der Waals surface area contributed by atoms with E-state index in [1.54, 1.807) is 39.5 Å². The number of ether oxygens (including phenoxy) is 1. The summed E-state index contributed by atoms with van der Waals surface area (Å²) in [5, 5.41) is 2.69. The number of esters is 1. The number of thioether (sulfide) groups is 1. The summed E-state index contributed by atoms with van der Waals surface area (Å²) in [5.41, 5.74) is 0.893. The third-order valence-electron chi connectivity index (χ3n) is 2.80. The van der Waals surface area contributed by atoms with Gasteiger partial charge in [-0.25, -0.2) is 4.79 Å².